The van der Waals surface area contributed by atoms with E-state index in [4.69, 9.17) is 0 Å². The topological polar surface area (TPSA) is 81.8 Å². The van der Waals surface area contributed by atoms with Gasteiger partial charge in [0.05, 0.1) is 11.9 Å². The second-order valence-corrected chi connectivity index (χ2v) is 7.61. The lowest BCUT2D eigenvalue weighted by molar-refractivity contribution is -0.116. The molecule has 4 aromatic rings. The molecule has 1 amide bonds. The second-order valence-electron chi connectivity index (χ2n) is 7.61. The minimum Gasteiger partial charge on any atom is -0.324 e. The van der Waals surface area contributed by atoms with E-state index in [9.17, 15) is 9.59 Å². The molecule has 0 saturated heterocycles. The Labute approximate surface area is 174 Å². The highest BCUT2D eigenvalue weighted by Crippen LogP contribution is 2.18. The van der Waals surface area contributed by atoms with E-state index in [1.807, 2.05) is 64.1 Å². The minimum absolute atomic E-state index is 0.121. The fraction of sp³-hybridized carbons (Fsp3) is 0.217. The van der Waals surface area contributed by atoms with Gasteiger partial charge in [-0.3, -0.25) is 14.2 Å². The number of fused-ring (bicyclic) bond motifs is 1. The lowest BCUT2D eigenvalue weighted by atomic mass is 10.1. The molecular weight excluding hydrogens is 378 g/mol. The Bertz CT molecular complexity index is 1330. The number of aryl methyl sites for hydroxylation is 4. The number of benzene rings is 2. The van der Waals surface area contributed by atoms with Gasteiger partial charge in [-0.2, -0.15) is 5.10 Å². The Morgan fingerprint density at radius 1 is 1.00 bits per heavy atom. The van der Waals surface area contributed by atoms with Crippen molar-refractivity contribution >= 4 is 22.6 Å². The van der Waals surface area contributed by atoms with Crippen molar-refractivity contribution in [2.45, 2.75) is 34.2 Å². The fourth-order valence-electron chi connectivity index (χ4n) is 3.32. The summed E-state index contributed by atoms with van der Waals surface area (Å²) >= 11 is 0. The Morgan fingerprint density at radius 3 is 2.53 bits per heavy atom. The quantitative estimate of drug-likeness (QED) is 0.568. The van der Waals surface area contributed by atoms with Gasteiger partial charge in [0.2, 0.25) is 5.91 Å². The molecule has 0 saturated carbocycles. The summed E-state index contributed by atoms with van der Waals surface area (Å²) in [6, 6.07) is 11.8. The van der Waals surface area contributed by atoms with E-state index in [1.165, 1.54) is 22.7 Å². The molecule has 0 radical (unpaired) electrons. The van der Waals surface area contributed by atoms with Crippen molar-refractivity contribution in [1.82, 2.24) is 19.3 Å². The van der Waals surface area contributed by atoms with E-state index in [-0.39, 0.29) is 18.0 Å². The first kappa shape index (κ1) is 19.6. The summed E-state index contributed by atoms with van der Waals surface area (Å²) < 4.78 is 2.94. The molecule has 0 bridgehead atoms. The number of nitrogens with zero attached hydrogens (tertiary/aromatic N) is 4. The zero-order valence-corrected chi connectivity index (χ0v) is 17.4. The van der Waals surface area contributed by atoms with Gasteiger partial charge in [0.25, 0.3) is 5.56 Å². The first-order valence-electron chi connectivity index (χ1n) is 9.71. The average molecular weight is 401 g/mol. The van der Waals surface area contributed by atoms with Crippen LogP contribution in [0.3, 0.4) is 0 Å². The Balaban J connectivity index is 1.63. The molecule has 7 nitrogen and oxygen atoms in total. The van der Waals surface area contributed by atoms with E-state index in [0.29, 0.717) is 11.0 Å². The third kappa shape index (κ3) is 3.61. The highest BCUT2D eigenvalue weighted by atomic mass is 16.2. The second kappa shape index (κ2) is 7.59. The number of nitrogens with one attached hydrogen (secondary N) is 1. The van der Waals surface area contributed by atoms with Gasteiger partial charge in [0, 0.05) is 5.69 Å². The average Bonchev–Trinajstić information content (AvgIpc) is 3.14. The van der Waals surface area contributed by atoms with Gasteiger partial charge >= 0.3 is 0 Å². The van der Waals surface area contributed by atoms with Crippen LogP contribution in [0.2, 0.25) is 0 Å². The standard InChI is InChI=1S/C23H23N5O2/c1-14-5-6-16(3)20(9-14)26-21(29)12-27-13-24-22-19(23(27)30)11-25-28(22)18-8-7-15(2)17(4)10-18/h5-11,13H,12H2,1-4H3,(H,26,29). The third-order valence-corrected chi connectivity index (χ3v) is 5.27. The zero-order chi connectivity index (χ0) is 21.4. The van der Waals surface area contributed by atoms with E-state index >= 15 is 0 Å². The monoisotopic (exact) mass is 401 g/mol. The number of carbonyl (C=O) groups excluding carboxylic acids is 1. The minimum atomic E-state index is -0.300. The predicted octanol–water partition coefficient (Wildman–Crippen LogP) is 3.45. The summed E-state index contributed by atoms with van der Waals surface area (Å²) in [5.41, 5.74) is 6.07. The summed E-state index contributed by atoms with van der Waals surface area (Å²) in [5, 5.41) is 7.59. The van der Waals surface area contributed by atoms with Crippen LogP contribution >= 0.6 is 0 Å². The molecule has 1 N–H and O–H groups in total. The van der Waals surface area contributed by atoms with Crippen molar-refractivity contribution in [2.75, 3.05) is 5.32 Å². The number of anilines is 1. The van der Waals surface area contributed by atoms with Crippen molar-refractivity contribution in [3.05, 3.63) is 81.5 Å². The van der Waals surface area contributed by atoms with Crippen LogP contribution in [-0.4, -0.2) is 25.2 Å². The normalized spacial score (nSPS) is 11.1. The van der Waals surface area contributed by atoms with Crippen LogP contribution < -0.4 is 10.9 Å². The van der Waals surface area contributed by atoms with Crippen LogP contribution in [0.4, 0.5) is 5.69 Å². The van der Waals surface area contributed by atoms with Crippen molar-refractivity contribution in [1.29, 1.82) is 0 Å². The zero-order valence-electron chi connectivity index (χ0n) is 17.4. The van der Waals surface area contributed by atoms with Gasteiger partial charge in [-0.1, -0.05) is 18.2 Å². The highest BCUT2D eigenvalue weighted by molar-refractivity contribution is 5.91. The van der Waals surface area contributed by atoms with Gasteiger partial charge in [-0.25, -0.2) is 9.67 Å². The molecule has 0 spiro atoms. The Hall–Kier alpha value is -3.74. The number of amides is 1. The van der Waals surface area contributed by atoms with Gasteiger partial charge in [0.1, 0.15) is 18.3 Å². The van der Waals surface area contributed by atoms with E-state index in [2.05, 4.69) is 15.4 Å². The van der Waals surface area contributed by atoms with Crippen LogP contribution in [0.1, 0.15) is 22.3 Å². The number of hydrogen-bond donors (Lipinski definition) is 1. The lowest BCUT2D eigenvalue weighted by Crippen LogP contribution is -2.28. The molecule has 30 heavy (non-hydrogen) atoms. The predicted molar refractivity (Wildman–Crippen MR) is 117 cm³/mol. The summed E-state index contributed by atoms with van der Waals surface area (Å²) in [4.78, 5) is 29.8. The number of aromatic nitrogens is 4. The number of rotatable bonds is 4. The van der Waals surface area contributed by atoms with Crippen molar-refractivity contribution < 1.29 is 4.79 Å². The maximum absolute atomic E-state index is 12.9. The maximum atomic E-state index is 12.9. The molecule has 152 valence electrons. The fourth-order valence-corrected chi connectivity index (χ4v) is 3.32. The summed E-state index contributed by atoms with van der Waals surface area (Å²) in [6.45, 7) is 7.84. The molecule has 4 rings (SSSR count). The summed E-state index contributed by atoms with van der Waals surface area (Å²) in [6.07, 6.45) is 2.89. The van der Waals surface area contributed by atoms with Crippen LogP contribution in [0.5, 0.6) is 0 Å². The molecule has 2 aromatic heterocycles. The molecular formula is C23H23N5O2. The van der Waals surface area contributed by atoms with Crippen LogP contribution in [0.15, 0.2) is 53.7 Å². The molecule has 2 aromatic carbocycles. The number of hydrogen-bond acceptors (Lipinski definition) is 4. The molecule has 0 atom stereocenters. The Kier molecular flexibility index (Phi) is 4.95. The van der Waals surface area contributed by atoms with Crippen LogP contribution in [0, 0.1) is 27.7 Å². The van der Waals surface area contributed by atoms with Crippen LogP contribution in [-0.2, 0) is 11.3 Å². The summed E-state index contributed by atoms with van der Waals surface area (Å²) in [7, 11) is 0. The molecule has 0 aliphatic rings. The summed E-state index contributed by atoms with van der Waals surface area (Å²) in [5.74, 6) is -0.284. The largest absolute Gasteiger partial charge is 0.324 e. The van der Waals surface area contributed by atoms with E-state index in [0.717, 1.165) is 28.1 Å². The first-order valence-corrected chi connectivity index (χ1v) is 9.71. The van der Waals surface area contributed by atoms with Crippen molar-refractivity contribution in [3.8, 4) is 5.69 Å². The van der Waals surface area contributed by atoms with E-state index < -0.39 is 0 Å². The highest BCUT2D eigenvalue weighted by Gasteiger charge is 2.14. The smallest absolute Gasteiger partial charge is 0.264 e. The van der Waals surface area contributed by atoms with Gasteiger partial charge < -0.3 is 5.32 Å². The van der Waals surface area contributed by atoms with Gasteiger partial charge in [-0.15, -0.1) is 0 Å². The maximum Gasteiger partial charge on any atom is 0.264 e. The number of carbonyl (C=O) groups is 1. The molecule has 2 heterocycles. The van der Waals surface area contributed by atoms with Crippen LogP contribution in [0.25, 0.3) is 16.7 Å². The first-order chi connectivity index (χ1) is 14.3. The third-order valence-electron chi connectivity index (χ3n) is 5.27. The molecule has 0 aliphatic heterocycles. The molecule has 7 heteroatoms. The Morgan fingerprint density at radius 2 is 1.77 bits per heavy atom. The van der Waals surface area contributed by atoms with Crippen molar-refractivity contribution in [2.24, 2.45) is 0 Å². The van der Waals surface area contributed by atoms with Gasteiger partial charge in [-0.05, 0) is 68.1 Å². The lowest BCUT2D eigenvalue weighted by Gasteiger charge is -2.10. The molecule has 0 fully saturated rings. The molecule has 0 aliphatic carbocycles. The SMILES string of the molecule is Cc1ccc(C)c(NC(=O)Cn2cnc3c(cnn3-c3ccc(C)c(C)c3)c2=O)c1. The van der Waals surface area contributed by atoms with Crippen molar-refractivity contribution in [3.63, 3.8) is 0 Å². The van der Waals surface area contributed by atoms with Gasteiger partial charge in [0.15, 0.2) is 5.65 Å². The van der Waals surface area contributed by atoms with E-state index in [1.54, 1.807) is 4.68 Å². The molecule has 0 unspecified atom stereocenters.